The normalized spacial score (nSPS) is 10.5. The summed E-state index contributed by atoms with van der Waals surface area (Å²) in [4.78, 5) is 4.41. The van der Waals surface area contributed by atoms with Crippen molar-refractivity contribution in [2.75, 3.05) is 0 Å². The summed E-state index contributed by atoms with van der Waals surface area (Å²) in [7, 11) is 2.02. The highest BCUT2D eigenvalue weighted by molar-refractivity contribution is 5.65. The number of aromatic nitrogens is 2. The summed E-state index contributed by atoms with van der Waals surface area (Å²) < 4.78 is 2.04. The topological polar surface area (TPSA) is 17.8 Å². The number of nitrogens with zero attached hydrogens (tertiary/aromatic N) is 2. The van der Waals surface area contributed by atoms with Crippen LogP contribution in [0.5, 0.6) is 0 Å². The van der Waals surface area contributed by atoms with Crippen molar-refractivity contribution >= 4 is 0 Å². The summed E-state index contributed by atoms with van der Waals surface area (Å²) in [5.41, 5.74) is 4.80. The second-order valence-electron chi connectivity index (χ2n) is 3.60. The van der Waals surface area contributed by atoms with E-state index in [1.165, 1.54) is 16.8 Å². The van der Waals surface area contributed by atoms with Crippen LogP contribution in [-0.2, 0) is 7.05 Å². The molecular formula is C12H14N2. The van der Waals surface area contributed by atoms with Gasteiger partial charge in [0.2, 0.25) is 0 Å². The number of imidazole rings is 1. The van der Waals surface area contributed by atoms with Crippen LogP contribution in [0.2, 0.25) is 0 Å². The first-order valence-corrected chi connectivity index (χ1v) is 4.74. The average Bonchev–Trinajstić information content (AvgIpc) is 2.49. The van der Waals surface area contributed by atoms with E-state index in [0.29, 0.717) is 0 Å². The second kappa shape index (κ2) is 3.29. The maximum Gasteiger partial charge on any atom is 0.0953 e. The molecule has 1 aromatic carbocycles. The molecule has 0 radical (unpaired) electrons. The third-order valence-electron chi connectivity index (χ3n) is 2.63. The van der Waals surface area contributed by atoms with E-state index in [4.69, 9.17) is 0 Å². The molecule has 0 N–H and O–H groups in total. The van der Waals surface area contributed by atoms with Crippen molar-refractivity contribution in [3.05, 3.63) is 41.9 Å². The van der Waals surface area contributed by atoms with Crippen LogP contribution in [0.1, 0.15) is 11.3 Å². The lowest BCUT2D eigenvalue weighted by Gasteiger charge is -2.03. The molecule has 14 heavy (non-hydrogen) atoms. The molecule has 0 fully saturated rings. The maximum absolute atomic E-state index is 4.41. The summed E-state index contributed by atoms with van der Waals surface area (Å²) >= 11 is 0. The molecule has 0 spiro atoms. The van der Waals surface area contributed by atoms with Crippen LogP contribution in [0.15, 0.2) is 30.6 Å². The highest BCUT2D eigenvalue weighted by atomic mass is 15.0. The minimum Gasteiger partial charge on any atom is -0.337 e. The van der Waals surface area contributed by atoms with Crippen molar-refractivity contribution in [3.8, 4) is 11.3 Å². The highest BCUT2D eigenvalue weighted by Crippen LogP contribution is 2.23. The number of rotatable bonds is 1. The zero-order chi connectivity index (χ0) is 10.1. The van der Waals surface area contributed by atoms with Crippen LogP contribution in [0.4, 0.5) is 0 Å². The van der Waals surface area contributed by atoms with Crippen molar-refractivity contribution in [2.45, 2.75) is 13.8 Å². The number of hydrogen-bond acceptors (Lipinski definition) is 1. The van der Waals surface area contributed by atoms with Gasteiger partial charge in [0.15, 0.2) is 0 Å². The maximum atomic E-state index is 4.41. The van der Waals surface area contributed by atoms with Gasteiger partial charge in [-0.25, -0.2) is 4.98 Å². The van der Waals surface area contributed by atoms with Crippen LogP contribution in [0, 0.1) is 13.8 Å². The Hall–Kier alpha value is -1.57. The molecule has 2 aromatic rings. The van der Waals surface area contributed by atoms with Gasteiger partial charge in [-0.2, -0.15) is 0 Å². The molecule has 72 valence electrons. The van der Waals surface area contributed by atoms with Crippen LogP contribution >= 0.6 is 0 Å². The quantitative estimate of drug-likeness (QED) is 0.669. The van der Waals surface area contributed by atoms with Gasteiger partial charge in [0.25, 0.3) is 0 Å². The van der Waals surface area contributed by atoms with Gasteiger partial charge in [0.05, 0.1) is 12.0 Å². The lowest BCUT2D eigenvalue weighted by molar-refractivity contribution is 0.874. The fraction of sp³-hybridized carbons (Fsp3) is 0.250. The van der Waals surface area contributed by atoms with Crippen molar-refractivity contribution < 1.29 is 0 Å². The van der Waals surface area contributed by atoms with E-state index in [2.05, 4.69) is 43.1 Å². The molecule has 0 atom stereocenters. The molecule has 0 amide bonds. The van der Waals surface area contributed by atoms with Crippen LogP contribution in [-0.4, -0.2) is 9.55 Å². The van der Waals surface area contributed by atoms with Gasteiger partial charge < -0.3 is 4.57 Å². The lowest BCUT2D eigenvalue weighted by Crippen LogP contribution is -1.90. The first kappa shape index (κ1) is 9.00. The fourth-order valence-corrected chi connectivity index (χ4v) is 1.59. The molecule has 1 heterocycles. The number of hydrogen-bond donors (Lipinski definition) is 0. The zero-order valence-corrected chi connectivity index (χ0v) is 8.78. The molecule has 2 rings (SSSR count). The van der Waals surface area contributed by atoms with Gasteiger partial charge in [0.1, 0.15) is 0 Å². The van der Waals surface area contributed by atoms with E-state index < -0.39 is 0 Å². The smallest absolute Gasteiger partial charge is 0.0953 e. The minimum absolute atomic E-state index is 1.09. The van der Waals surface area contributed by atoms with Crippen LogP contribution in [0.3, 0.4) is 0 Å². The van der Waals surface area contributed by atoms with Gasteiger partial charge in [-0.3, -0.25) is 0 Å². The lowest BCUT2D eigenvalue weighted by atomic mass is 10.1. The van der Waals surface area contributed by atoms with E-state index in [-0.39, 0.29) is 0 Å². The Labute approximate surface area is 84.2 Å². The van der Waals surface area contributed by atoms with E-state index in [0.717, 1.165) is 5.69 Å². The SMILES string of the molecule is Cc1ccccc1-c1ncn(C)c1C. The molecular weight excluding hydrogens is 172 g/mol. The largest absolute Gasteiger partial charge is 0.337 e. The predicted molar refractivity (Wildman–Crippen MR) is 58.1 cm³/mol. The highest BCUT2D eigenvalue weighted by Gasteiger charge is 2.07. The predicted octanol–water partition coefficient (Wildman–Crippen LogP) is 2.70. The summed E-state index contributed by atoms with van der Waals surface area (Å²) in [6, 6.07) is 8.33. The first-order chi connectivity index (χ1) is 6.70. The molecule has 2 heteroatoms. The van der Waals surface area contributed by atoms with Crippen molar-refractivity contribution in [2.24, 2.45) is 7.05 Å². The third kappa shape index (κ3) is 1.33. The number of benzene rings is 1. The molecule has 0 aliphatic heterocycles. The standard InChI is InChI=1S/C12H14N2/c1-9-6-4-5-7-11(9)12-10(2)14(3)8-13-12/h4-8H,1-3H3. The van der Waals surface area contributed by atoms with Crippen LogP contribution in [0.25, 0.3) is 11.3 Å². The van der Waals surface area contributed by atoms with Crippen molar-refractivity contribution in [1.82, 2.24) is 9.55 Å². The molecule has 0 saturated heterocycles. The second-order valence-corrected chi connectivity index (χ2v) is 3.60. The fourth-order valence-electron chi connectivity index (χ4n) is 1.59. The van der Waals surface area contributed by atoms with Crippen molar-refractivity contribution in [1.29, 1.82) is 0 Å². The van der Waals surface area contributed by atoms with E-state index >= 15 is 0 Å². The summed E-state index contributed by atoms with van der Waals surface area (Å²) in [6.07, 6.45) is 1.86. The van der Waals surface area contributed by atoms with Gasteiger partial charge in [-0.15, -0.1) is 0 Å². The molecule has 0 aliphatic carbocycles. The Morgan fingerprint density at radius 2 is 1.86 bits per heavy atom. The molecule has 0 unspecified atom stereocenters. The monoisotopic (exact) mass is 186 g/mol. The Bertz CT molecular complexity index is 455. The van der Waals surface area contributed by atoms with Gasteiger partial charge in [0, 0.05) is 18.3 Å². The third-order valence-corrected chi connectivity index (χ3v) is 2.63. The van der Waals surface area contributed by atoms with E-state index in [1.807, 2.05) is 17.9 Å². The molecule has 2 nitrogen and oxygen atoms in total. The summed E-state index contributed by atoms with van der Waals surface area (Å²) in [5, 5.41) is 0. The molecule has 0 saturated carbocycles. The first-order valence-electron chi connectivity index (χ1n) is 4.74. The summed E-state index contributed by atoms with van der Waals surface area (Å²) in [5.74, 6) is 0. The van der Waals surface area contributed by atoms with Crippen LogP contribution < -0.4 is 0 Å². The molecule has 0 aliphatic rings. The minimum atomic E-state index is 1.09. The zero-order valence-electron chi connectivity index (χ0n) is 8.78. The Balaban J connectivity index is 2.60. The number of aryl methyl sites for hydroxylation is 2. The molecule has 1 aromatic heterocycles. The van der Waals surface area contributed by atoms with Gasteiger partial charge in [-0.05, 0) is 19.4 Å². The summed E-state index contributed by atoms with van der Waals surface area (Å²) in [6.45, 7) is 4.21. The van der Waals surface area contributed by atoms with E-state index in [1.54, 1.807) is 0 Å². The Morgan fingerprint density at radius 1 is 1.14 bits per heavy atom. The molecule has 0 bridgehead atoms. The van der Waals surface area contributed by atoms with Crippen molar-refractivity contribution in [3.63, 3.8) is 0 Å². The average molecular weight is 186 g/mol. The van der Waals surface area contributed by atoms with Gasteiger partial charge in [-0.1, -0.05) is 24.3 Å². The Morgan fingerprint density at radius 3 is 2.43 bits per heavy atom. The Kier molecular flexibility index (Phi) is 2.12. The van der Waals surface area contributed by atoms with Gasteiger partial charge >= 0.3 is 0 Å². The van der Waals surface area contributed by atoms with E-state index in [9.17, 15) is 0 Å².